The molecule has 0 saturated heterocycles. The van der Waals surface area contributed by atoms with E-state index in [0.29, 0.717) is 29.2 Å². The highest BCUT2D eigenvalue weighted by molar-refractivity contribution is 7.90. The molecule has 0 amide bonds. The molecule has 0 fully saturated rings. The first kappa shape index (κ1) is 32.6. The number of amidine groups is 1. The number of hydrogen-bond acceptors (Lipinski definition) is 11. The fourth-order valence-corrected chi connectivity index (χ4v) is 7.27. The van der Waals surface area contributed by atoms with E-state index >= 15 is 0 Å². The number of benzene rings is 2. The summed E-state index contributed by atoms with van der Waals surface area (Å²) >= 11 is 0. The van der Waals surface area contributed by atoms with Crippen LogP contribution in [0.15, 0.2) is 99.9 Å². The highest BCUT2D eigenvalue weighted by atomic mass is 32.2. The van der Waals surface area contributed by atoms with E-state index in [0.717, 1.165) is 16.5 Å². The summed E-state index contributed by atoms with van der Waals surface area (Å²) < 4.78 is 47.0. The van der Waals surface area contributed by atoms with Crippen LogP contribution in [-0.4, -0.2) is 54.4 Å². The molecular formula is C36H31N5O8S. The van der Waals surface area contributed by atoms with Gasteiger partial charge in [-0.2, -0.15) is 0 Å². The van der Waals surface area contributed by atoms with Crippen LogP contribution in [0.5, 0.6) is 5.75 Å². The molecule has 7 rings (SSSR count). The first-order chi connectivity index (χ1) is 24.1. The second-order valence-electron chi connectivity index (χ2n) is 11.8. The van der Waals surface area contributed by atoms with Crippen molar-refractivity contribution in [1.29, 1.82) is 0 Å². The number of ether oxygens (including phenoxy) is 3. The smallest absolute Gasteiger partial charge is 0.355 e. The van der Waals surface area contributed by atoms with Crippen LogP contribution in [0, 0.1) is 0 Å². The lowest BCUT2D eigenvalue weighted by Crippen LogP contribution is -2.48. The number of pyridine rings is 3. The summed E-state index contributed by atoms with van der Waals surface area (Å²) in [6.07, 6.45) is 2.60. The van der Waals surface area contributed by atoms with Gasteiger partial charge in [0.25, 0.3) is 15.6 Å². The summed E-state index contributed by atoms with van der Waals surface area (Å²) in [6.45, 7) is 1.01. The Morgan fingerprint density at radius 1 is 1.08 bits per heavy atom. The number of fused-ring (bicyclic) bond motifs is 5. The number of cyclic esters (lactones) is 1. The third-order valence-electron chi connectivity index (χ3n) is 8.80. The van der Waals surface area contributed by atoms with E-state index in [1.54, 1.807) is 41.8 Å². The predicted octanol–water partition coefficient (Wildman–Crippen LogP) is 3.65. The SMILES string of the molecule is CC[C@@]1(OC(=O)CN=C(Cc2ccc(OC)cc2)NS(=O)(=O)c2cccnc2)C(=O)OCc2c1cc1n(c2=O)Cc2cc3ccccc3nc2-1. The van der Waals surface area contributed by atoms with Crippen LogP contribution in [0.4, 0.5) is 0 Å². The molecule has 2 aromatic carbocycles. The lowest BCUT2D eigenvalue weighted by Gasteiger charge is -2.35. The Balaban J connectivity index is 1.21. The van der Waals surface area contributed by atoms with Crippen LogP contribution in [0.2, 0.25) is 0 Å². The zero-order chi connectivity index (χ0) is 35.0. The van der Waals surface area contributed by atoms with Crippen LogP contribution in [-0.2, 0) is 54.3 Å². The molecule has 0 aliphatic carbocycles. The predicted molar refractivity (Wildman–Crippen MR) is 182 cm³/mol. The minimum absolute atomic E-state index is 0.00452. The van der Waals surface area contributed by atoms with Gasteiger partial charge in [-0.05, 0) is 54.4 Å². The van der Waals surface area contributed by atoms with Crippen LogP contribution in [0.1, 0.15) is 35.6 Å². The maximum absolute atomic E-state index is 13.8. The number of nitrogens with zero attached hydrogens (tertiary/aromatic N) is 4. The molecule has 1 N–H and O–H groups in total. The van der Waals surface area contributed by atoms with Crippen molar-refractivity contribution in [2.45, 2.75) is 43.4 Å². The number of sulfonamides is 1. The normalized spacial score (nSPS) is 16.6. The first-order valence-corrected chi connectivity index (χ1v) is 17.2. The maximum atomic E-state index is 13.8. The fraction of sp³-hybridized carbons (Fsp3) is 0.222. The molecule has 5 aromatic rings. The lowest BCUT2D eigenvalue weighted by atomic mass is 9.85. The molecule has 3 aromatic heterocycles. The zero-order valence-electron chi connectivity index (χ0n) is 27.1. The van der Waals surface area contributed by atoms with Gasteiger partial charge in [-0.25, -0.2) is 23.0 Å². The van der Waals surface area contributed by atoms with Gasteiger partial charge in [0.2, 0.25) is 5.60 Å². The zero-order valence-corrected chi connectivity index (χ0v) is 27.9. The Morgan fingerprint density at radius 2 is 1.88 bits per heavy atom. The summed E-state index contributed by atoms with van der Waals surface area (Å²) in [5, 5.41) is 0.932. The van der Waals surface area contributed by atoms with E-state index in [-0.39, 0.29) is 46.9 Å². The molecule has 2 aliphatic heterocycles. The highest BCUT2D eigenvalue weighted by Crippen LogP contribution is 2.41. The minimum Gasteiger partial charge on any atom is -0.497 e. The van der Waals surface area contributed by atoms with Gasteiger partial charge in [0.15, 0.2) is 0 Å². The average Bonchev–Trinajstić information content (AvgIpc) is 3.49. The molecule has 5 heterocycles. The number of rotatable bonds is 9. The molecule has 13 nitrogen and oxygen atoms in total. The van der Waals surface area contributed by atoms with E-state index in [1.807, 2.05) is 30.3 Å². The summed E-state index contributed by atoms with van der Waals surface area (Å²) in [7, 11) is -2.59. The number of para-hydroxylation sites is 1. The van der Waals surface area contributed by atoms with Crippen molar-refractivity contribution in [2.24, 2.45) is 4.99 Å². The standard InChI is InChI=1S/C36H31N5O8S/c1-3-36(28-17-30-33-24(16-23-7-4-5-9-29(23)39-33)20-41(30)34(43)27(28)21-48-35(36)44)49-32(42)19-38-31(15-22-10-12-25(47-2)13-11-22)40-50(45,46)26-8-6-14-37-18-26/h4-14,16-18H,3,15,19-21H2,1-2H3,(H,38,40)/t36-/m0/s1. The van der Waals surface area contributed by atoms with Crippen molar-refractivity contribution in [3.63, 3.8) is 0 Å². The monoisotopic (exact) mass is 693 g/mol. The van der Waals surface area contributed by atoms with E-state index in [2.05, 4.69) is 14.7 Å². The Kier molecular flexibility index (Phi) is 8.39. The highest BCUT2D eigenvalue weighted by Gasteiger charge is 2.50. The molecule has 0 spiro atoms. The Labute approximate surface area is 286 Å². The van der Waals surface area contributed by atoms with Gasteiger partial charge in [-0.1, -0.05) is 37.3 Å². The van der Waals surface area contributed by atoms with Gasteiger partial charge in [-0.3, -0.25) is 19.5 Å². The van der Waals surface area contributed by atoms with E-state index in [4.69, 9.17) is 19.2 Å². The molecule has 254 valence electrons. The minimum atomic E-state index is -4.12. The third-order valence-corrected chi connectivity index (χ3v) is 10.2. The van der Waals surface area contributed by atoms with Crippen LogP contribution >= 0.6 is 0 Å². The van der Waals surface area contributed by atoms with Crippen molar-refractivity contribution in [3.05, 3.63) is 118 Å². The maximum Gasteiger partial charge on any atom is 0.355 e. The van der Waals surface area contributed by atoms with Crippen molar-refractivity contribution in [3.8, 4) is 17.1 Å². The van der Waals surface area contributed by atoms with Crippen molar-refractivity contribution in [2.75, 3.05) is 13.7 Å². The molecule has 0 bridgehead atoms. The molecule has 0 unspecified atom stereocenters. The van der Waals surface area contributed by atoms with Gasteiger partial charge in [0.1, 0.15) is 29.6 Å². The summed E-state index contributed by atoms with van der Waals surface area (Å²) in [6, 6.07) is 21.0. The summed E-state index contributed by atoms with van der Waals surface area (Å²) in [4.78, 5) is 53.8. The van der Waals surface area contributed by atoms with Gasteiger partial charge in [-0.15, -0.1) is 0 Å². The molecular weight excluding hydrogens is 662 g/mol. The second kappa shape index (κ2) is 12.9. The summed E-state index contributed by atoms with van der Waals surface area (Å²) in [5.41, 5.74) is 1.50. The molecule has 50 heavy (non-hydrogen) atoms. The van der Waals surface area contributed by atoms with Crippen LogP contribution < -0.4 is 15.0 Å². The third kappa shape index (κ3) is 5.87. The van der Waals surface area contributed by atoms with Gasteiger partial charge in [0, 0.05) is 35.3 Å². The van der Waals surface area contributed by atoms with Gasteiger partial charge < -0.3 is 18.8 Å². The number of carbonyl (C=O) groups is 2. The molecule has 1 atom stereocenters. The largest absolute Gasteiger partial charge is 0.497 e. The van der Waals surface area contributed by atoms with Crippen molar-refractivity contribution >= 4 is 38.7 Å². The van der Waals surface area contributed by atoms with E-state index in [1.165, 1.54) is 31.6 Å². The van der Waals surface area contributed by atoms with Crippen LogP contribution in [0.25, 0.3) is 22.3 Å². The lowest BCUT2D eigenvalue weighted by molar-refractivity contribution is -0.188. The molecule has 2 aliphatic rings. The van der Waals surface area contributed by atoms with Gasteiger partial charge >= 0.3 is 11.9 Å². The second-order valence-corrected chi connectivity index (χ2v) is 13.5. The van der Waals surface area contributed by atoms with E-state index in [9.17, 15) is 22.8 Å². The molecule has 0 radical (unpaired) electrons. The van der Waals surface area contributed by atoms with E-state index < -0.39 is 34.1 Å². The van der Waals surface area contributed by atoms with Crippen LogP contribution in [0.3, 0.4) is 0 Å². The number of nitrogens with one attached hydrogen (secondary N) is 1. The van der Waals surface area contributed by atoms with Crippen molar-refractivity contribution in [1.82, 2.24) is 19.3 Å². The van der Waals surface area contributed by atoms with Crippen molar-refractivity contribution < 1.29 is 32.2 Å². The number of methoxy groups -OCH3 is 1. The number of esters is 2. The number of carbonyl (C=O) groups excluding carboxylic acids is 2. The average molecular weight is 694 g/mol. The number of aromatic nitrogens is 3. The van der Waals surface area contributed by atoms with Gasteiger partial charge in [0.05, 0.1) is 36.1 Å². The topological polar surface area (TPSA) is 168 Å². The molecule has 14 heteroatoms. The quantitative estimate of drug-likeness (QED) is 0.134. The Hall–Kier alpha value is -5.89. The number of hydrogen-bond donors (Lipinski definition) is 1. The molecule has 0 saturated carbocycles. The summed E-state index contributed by atoms with van der Waals surface area (Å²) in [5.74, 6) is -1.21. The number of aliphatic imine (C=N–C) groups is 1. The first-order valence-electron chi connectivity index (χ1n) is 15.8. The Morgan fingerprint density at radius 3 is 2.62 bits per heavy atom. The fourth-order valence-electron chi connectivity index (χ4n) is 6.25. The Bertz CT molecular complexity index is 2360.